The van der Waals surface area contributed by atoms with E-state index in [1.54, 1.807) is 6.07 Å². The lowest BCUT2D eigenvalue weighted by molar-refractivity contribution is -0.144. The molecule has 0 saturated carbocycles. The van der Waals surface area contributed by atoms with E-state index in [9.17, 15) is 9.59 Å². The molecule has 0 unspecified atom stereocenters. The fraction of sp³-hybridized carbons (Fsp3) is 0.500. The van der Waals surface area contributed by atoms with Gasteiger partial charge in [0, 0.05) is 5.92 Å². The Kier molecular flexibility index (Phi) is 2.58. The summed E-state index contributed by atoms with van der Waals surface area (Å²) in [7, 11) is 1.30. The van der Waals surface area contributed by atoms with Gasteiger partial charge in [0.1, 0.15) is 11.7 Å². The van der Waals surface area contributed by atoms with Crippen molar-refractivity contribution in [2.45, 2.75) is 19.8 Å². The van der Waals surface area contributed by atoms with E-state index in [1.807, 2.05) is 13.8 Å². The molecule has 86 valence electrons. The monoisotopic (exact) mass is 222 g/mol. The quantitative estimate of drug-likeness (QED) is 0.567. The molecule has 0 spiro atoms. The van der Waals surface area contributed by atoms with E-state index in [1.165, 1.54) is 13.4 Å². The summed E-state index contributed by atoms with van der Waals surface area (Å²) in [5.41, 5.74) is 0.522. The van der Waals surface area contributed by atoms with Crippen LogP contribution in [0.15, 0.2) is 16.7 Å². The van der Waals surface area contributed by atoms with Crippen LogP contribution in [-0.4, -0.2) is 18.9 Å². The van der Waals surface area contributed by atoms with Crippen LogP contribution in [0.3, 0.4) is 0 Å². The minimum absolute atomic E-state index is 0.153. The molecular weight excluding hydrogens is 208 g/mol. The molecule has 0 saturated heterocycles. The van der Waals surface area contributed by atoms with Crippen LogP contribution in [0.25, 0.3) is 0 Å². The molecule has 2 atom stereocenters. The molecule has 0 bridgehead atoms. The van der Waals surface area contributed by atoms with Gasteiger partial charge < -0.3 is 9.15 Å². The number of ether oxygens (including phenoxy) is 1. The summed E-state index contributed by atoms with van der Waals surface area (Å²) in [5, 5.41) is 0. The smallest absolute Gasteiger partial charge is 0.317 e. The minimum Gasteiger partial charge on any atom is -0.468 e. The highest BCUT2D eigenvalue weighted by Gasteiger charge is 2.48. The van der Waals surface area contributed by atoms with Crippen LogP contribution in [-0.2, 0) is 9.53 Å². The van der Waals surface area contributed by atoms with E-state index in [4.69, 9.17) is 4.42 Å². The van der Waals surface area contributed by atoms with Crippen LogP contribution in [0, 0.1) is 11.8 Å². The average molecular weight is 222 g/mol. The highest BCUT2D eigenvalue weighted by atomic mass is 16.5. The Morgan fingerprint density at radius 2 is 2.19 bits per heavy atom. The SMILES string of the molecule is COC(=O)[C@H]1C(=O)c2ccoc2[C@@H]1C(C)C. The number of fused-ring (bicyclic) bond motifs is 1. The van der Waals surface area contributed by atoms with Gasteiger partial charge in [0.2, 0.25) is 0 Å². The first-order valence-electron chi connectivity index (χ1n) is 5.27. The second-order valence-electron chi connectivity index (χ2n) is 4.33. The van der Waals surface area contributed by atoms with E-state index in [2.05, 4.69) is 4.74 Å². The van der Waals surface area contributed by atoms with Crippen LogP contribution in [0.1, 0.15) is 35.9 Å². The zero-order chi connectivity index (χ0) is 11.9. The zero-order valence-corrected chi connectivity index (χ0v) is 9.52. The number of rotatable bonds is 2. The van der Waals surface area contributed by atoms with Crippen molar-refractivity contribution < 1.29 is 18.7 Å². The molecule has 4 heteroatoms. The first kappa shape index (κ1) is 10.9. The van der Waals surface area contributed by atoms with Crippen molar-refractivity contribution in [2.75, 3.05) is 7.11 Å². The van der Waals surface area contributed by atoms with E-state index < -0.39 is 11.9 Å². The van der Waals surface area contributed by atoms with Crippen molar-refractivity contribution in [3.63, 3.8) is 0 Å². The number of hydrogen-bond acceptors (Lipinski definition) is 4. The molecule has 1 aromatic rings. The third-order valence-electron chi connectivity index (χ3n) is 3.08. The number of hydrogen-bond donors (Lipinski definition) is 0. The first-order valence-corrected chi connectivity index (χ1v) is 5.27. The summed E-state index contributed by atoms with van der Waals surface area (Å²) in [6.45, 7) is 3.93. The van der Waals surface area contributed by atoms with Crippen LogP contribution in [0.5, 0.6) is 0 Å². The van der Waals surface area contributed by atoms with Crippen molar-refractivity contribution in [3.8, 4) is 0 Å². The lowest BCUT2D eigenvalue weighted by Gasteiger charge is -2.19. The van der Waals surface area contributed by atoms with Crippen molar-refractivity contribution in [3.05, 3.63) is 23.7 Å². The molecule has 1 aromatic heterocycles. The van der Waals surface area contributed by atoms with Crippen molar-refractivity contribution in [1.82, 2.24) is 0 Å². The number of Topliss-reactive ketones (excluding diaryl/α,β-unsaturated/α-hetero) is 1. The van der Waals surface area contributed by atoms with Gasteiger partial charge in [0.15, 0.2) is 5.78 Å². The van der Waals surface area contributed by atoms with Gasteiger partial charge in [-0.25, -0.2) is 0 Å². The number of carbonyl (C=O) groups is 2. The Labute approximate surface area is 93.6 Å². The zero-order valence-electron chi connectivity index (χ0n) is 9.52. The van der Waals surface area contributed by atoms with E-state index in [0.29, 0.717) is 11.3 Å². The molecule has 2 rings (SSSR count). The number of methoxy groups -OCH3 is 1. The fourth-order valence-electron chi connectivity index (χ4n) is 2.33. The average Bonchev–Trinajstić information content (AvgIpc) is 2.79. The number of furan rings is 1. The third-order valence-corrected chi connectivity index (χ3v) is 3.08. The molecule has 0 N–H and O–H groups in total. The predicted octanol–water partition coefficient (Wildman–Crippen LogP) is 2.00. The maximum atomic E-state index is 12.0. The molecule has 1 aliphatic rings. The molecule has 1 heterocycles. The van der Waals surface area contributed by atoms with Crippen LogP contribution in [0.2, 0.25) is 0 Å². The first-order chi connectivity index (χ1) is 7.57. The third kappa shape index (κ3) is 1.37. The van der Waals surface area contributed by atoms with Gasteiger partial charge in [-0.15, -0.1) is 0 Å². The van der Waals surface area contributed by atoms with Crippen LogP contribution in [0.4, 0.5) is 0 Å². The van der Waals surface area contributed by atoms with E-state index in [-0.39, 0.29) is 17.6 Å². The molecule has 0 aliphatic heterocycles. The van der Waals surface area contributed by atoms with Crippen LogP contribution < -0.4 is 0 Å². The van der Waals surface area contributed by atoms with Gasteiger partial charge in [-0.2, -0.15) is 0 Å². The Bertz CT molecular complexity index is 430. The molecular formula is C12H14O4. The standard InChI is InChI=1S/C12H14O4/c1-6(2)8-9(12(14)15-3)10(13)7-4-5-16-11(7)8/h4-6,8-9H,1-3H3/t8-,9-/m1/s1. The molecule has 0 amide bonds. The van der Waals surface area contributed by atoms with Gasteiger partial charge in [-0.1, -0.05) is 13.8 Å². The Hall–Kier alpha value is -1.58. The molecule has 4 nitrogen and oxygen atoms in total. The molecule has 0 radical (unpaired) electrons. The van der Waals surface area contributed by atoms with Gasteiger partial charge in [-0.05, 0) is 12.0 Å². The Morgan fingerprint density at radius 3 is 2.75 bits per heavy atom. The van der Waals surface area contributed by atoms with E-state index in [0.717, 1.165) is 0 Å². The summed E-state index contributed by atoms with van der Waals surface area (Å²) >= 11 is 0. The number of ketones is 1. The molecule has 1 aliphatic carbocycles. The summed E-state index contributed by atoms with van der Waals surface area (Å²) in [5.74, 6) is -0.829. The second kappa shape index (κ2) is 3.77. The summed E-state index contributed by atoms with van der Waals surface area (Å²) < 4.78 is 10.0. The Morgan fingerprint density at radius 1 is 1.50 bits per heavy atom. The Balaban J connectivity index is 2.45. The maximum absolute atomic E-state index is 12.0. The molecule has 16 heavy (non-hydrogen) atoms. The lowest BCUT2D eigenvalue weighted by atomic mass is 9.85. The number of carbonyl (C=O) groups excluding carboxylic acids is 2. The van der Waals surface area contributed by atoms with Crippen molar-refractivity contribution in [1.29, 1.82) is 0 Å². The fourth-order valence-corrected chi connectivity index (χ4v) is 2.33. The summed E-state index contributed by atoms with van der Waals surface area (Å²) in [6.07, 6.45) is 1.49. The van der Waals surface area contributed by atoms with Gasteiger partial charge in [-0.3, -0.25) is 9.59 Å². The minimum atomic E-state index is -0.736. The highest BCUT2D eigenvalue weighted by molar-refractivity contribution is 6.12. The van der Waals surface area contributed by atoms with Gasteiger partial charge in [0.25, 0.3) is 0 Å². The highest BCUT2D eigenvalue weighted by Crippen LogP contribution is 2.43. The molecule has 0 aromatic carbocycles. The summed E-state index contributed by atoms with van der Waals surface area (Å²) in [4.78, 5) is 23.6. The maximum Gasteiger partial charge on any atom is 0.317 e. The molecule has 0 fully saturated rings. The van der Waals surface area contributed by atoms with Crippen molar-refractivity contribution >= 4 is 11.8 Å². The number of esters is 1. The largest absolute Gasteiger partial charge is 0.468 e. The van der Waals surface area contributed by atoms with Crippen LogP contribution >= 0.6 is 0 Å². The second-order valence-corrected chi connectivity index (χ2v) is 4.33. The topological polar surface area (TPSA) is 56.5 Å². The van der Waals surface area contributed by atoms with Crippen molar-refractivity contribution in [2.24, 2.45) is 11.8 Å². The lowest BCUT2D eigenvalue weighted by Crippen LogP contribution is -2.27. The summed E-state index contributed by atoms with van der Waals surface area (Å²) in [6, 6.07) is 1.62. The van der Waals surface area contributed by atoms with Gasteiger partial charge in [0.05, 0.1) is 18.9 Å². The van der Waals surface area contributed by atoms with Gasteiger partial charge >= 0.3 is 5.97 Å². The predicted molar refractivity (Wildman–Crippen MR) is 56.1 cm³/mol. The normalized spacial score (nSPS) is 23.6. The van der Waals surface area contributed by atoms with E-state index >= 15 is 0 Å².